The average Bonchev–Trinajstić information content (AvgIpc) is 2.50. The maximum Gasteiger partial charge on any atom is 0.246 e. The van der Waals surface area contributed by atoms with Gasteiger partial charge in [-0.3, -0.25) is 4.79 Å². The van der Waals surface area contributed by atoms with Crippen LogP contribution in [-0.4, -0.2) is 12.5 Å². The first-order chi connectivity index (χ1) is 9.78. The SMILES string of the molecule is N#Cc1cccc(CN2C(=O)CNc3ccccc32)c1. The van der Waals surface area contributed by atoms with Gasteiger partial charge in [0.25, 0.3) is 0 Å². The van der Waals surface area contributed by atoms with Gasteiger partial charge in [0.15, 0.2) is 0 Å². The van der Waals surface area contributed by atoms with Crippen LogP contribution in [0.3, 0.4) is 0 Å². The Morgan fingerprint density at radius 1 is 1.20 bits per heavy atom. The van der Waals surface area contributed by atoms with Crippen LogP contribution in [0.5, 0.6) is 0 Å². The number of fused-ring (bicyclic) bond motifs is 1. The molecule has 4 nitrogen and oxygen atoms in total. The molecule has 0 bridgehead atoms. The van der Waals surface area contributed by atoms with Gasteiger partial charge in [0.05, 0.1) is 36.1 Å². The summed E-state index contributed by atoms with van der Waals surface area (Å²) in [4.78, 5) is 13.9. The Kier molecular flexibility index (Phi) is 3.10. The fourth-order valence-corrected chi connectivity index (χ4v) is 2.35. The first kappa shape index (κ1) is 12.2. The van der Waals surface area contributed by atoms with Crippen molar-refractivity contribution >= 4 is 17.3 Å². The Morgan fingerprint density at radius 2 is 2.05 bits per heavy atom. The monoisotopic (exact) mass is 263 g/mol. The van der Waals surface area contributed by atoms with Gasteiger partial charge in [0.2, 0.25) is 5.91 Å². The van der Waals surface area contributed by atoms with Crippen LogP contribution in [0, 0.1) is 11.3 Å². The molecule has 2 aromatic carbocycles. The van der Waals surface area contributed by atoms with E-state index in [1.54, 1.807) is 11.0 Å². The van der Waals surface area contributed by atoms with Crippen molar-refractivity contribution in [3.63, 3.8) is 0 Å². The molecule has 0 aliphatic carbocycles. The zero-order valence-corrected chi connectivity index (χ0v) is 10.8. The van der Waals surface area contributed by atoms with Gasteiger partial charge in [-0.05, 0) is 29.8 Å². The molecule has 2 aromatic rings. The number of carbonyl (C=O) groups excluding carboxylic acids is 1. The Bertz CT molecular complexity index is 703. The van der Waals surface area contributed by atoms with Crippen molar-refractivity contribution in [1.29, 1.82) is 5.26 Å². The number of amides is 1. The lowest BCUT2D eigenvalue weighted by molar-refractivity contribution is -0.117. The van der Waals surface area contributed by atoms with Gasteiger partial charge in [-0.2, -0.15) is 5.26 Å². The number of benzene rings is 2. The molecule has 0 atom stereocenters. The van der Waals surface area contributed by atoms with E-state index in [1.165, 1.54) is 0 Å². The minimum absolute atomic E-state index is 0.0334. The van der Waals surface area contributed by atoms with E-state index in [0.717, 1.165) is 16.9 Å². The van der Waals surface area contributed by atoms with Crippen molar-refractivity contribution < 1.29 is 4.79 Å². The topological polar surface area (TPSA) is 56.1 Å². The number of rotatable bonds is 2. The molecule has 3 rings (SSSR count). The molecule has 0 unspecified atom stereocenters. The highest BCUT2D eigenvalue weighted by molar-refractivity contribution is 6.02. The fourth-order valence-electron chi connectivity index (χ4n) is 2.35. The highest BCUT2D eigenvalue weighted by atomic mass is 16.2. The highest BCUT2D eigenvalue weighted by Crippen LogP contribution is 2.30. The van der Waals surface area contributed by atoms with Crippen molar-refractivity contribution in [2.45, 2.75) is 6.54 Å². The number of hydrogen-bond donors (Lipinski definition) is 1. The van der Waals surface area contributed by atoms with Gasteiger partial charge in [-0.25, -0.2) is 0 Å². The second-order valence-corrected chi connectivity index (χ2v) is 4.66. The number of nitrogens with zero attached hydrogens (tertiary/aromatic N) is 2. The number of carbonyl (C=O) groups is 1. The number of anilines is 2. The predicted octanol–water partition coefficient (Wildman–Crippen LogP) is 2.52. The predicted molar refractivity (Wildman–Crippen MR) is 77.3 cm³/mol. The van der Waals surface area contributed by atoms with Crippen molar-refractivity contribution in [3.8, 4) is 6.07 Å². The van der Waals surface area contributed by atoms with Gasteiger partial charge >= 0.3 is 0 Å². The van der Waals surface area contributed by atoms with Crippen LogP contribution in [-0.2, 0) is 11.3 Å². The summed E-state index contributed by atoms with van der Waals surface area (Å²) >= 11 is 0. The summed E-state index contributed by atoms with van der Waals surface area (Å²) < 4.78 is 0. The summed E-state index contributed by atoms with van der Waals surface area (Å²) in [5.41, 5.74) is 3.40. The molecular formula is C16H13N3O. The highest BCUT2D eigenvalue weighted by Gasteiger charge is 2.23. The van der Waals surface area contributed by atoms with Crippen molar-refractivity contribution in [3.05, 3.63) is 59.7 Å². The van der Waals surface area contributed by atoms with Crippen LogP contribution >= 0.6 is 0 Å². The Hall–Kier alpha value is -2.80. The lowest BCUT2D eigenvalue weighted by Gasteiger charge is -2.30. The molecule has 1 amide bonds. The lowest BCUT2D eigenvalue weighted by Crippen LogP contribution is -2.39. The molecule has 0 fully saturated rings. The van der Waals surface area contributed by atoms with Crippen LogP contribution in [0.4, 0.5) is 11.4 Å². The van der Waals surface area contributed by atoms with Gasteiger partial charge in [-0.1, -0.05) is 24.3 Å². The number of hydrogen-bond acceptors (Lipinski definition) is 3. The quantitative estimate of drug-likeness (QED) is 0.905. The summed E-state index contributed by atoms with van der Waals surface area (Å²) in [6.45, 7) is 0.780. The van der Waals surface area contributed by atoms with Crippen LogP contribution in [0.25, 0.3) is 0 Å². The van der Waals surface area contributed by atoms with Gasteiger partial charge in [0.1, 0.15) is 0 Å². The number of nitriles is 1. The standard InChI is InChI=1S/C16H13N3O/c17-9-12-4-3-5-13(8-12)11-19-15-7-2-1-6-14(15)18-10-16(19)20/h1-8,18H,10-11H2. The Morgan fingerprint density at radius 3 is 2.90 bits per heavy atom. The molecule has 98 valence electrons. The van der Waals surface area contributed by atoms with E-state index >= 15 is 0 Å². The minimum Gasteiger partial charge on any atom is -0.374 e. The second kappa shape index (κ2) is 5.06. The number of para-hydroxylation sites is 2. The maximum absolute atomic E-state index is 12.1. The molecule has 0 aromatic heterocycles. The van der Waals surface area contributed by atoms with Crippen LogP contribution in [0.2, 0.25) is 0 Å². The lowest BCUT2D eigenvalue weighted by atomic mass is 10.1. The molecule has 0 radical (unpaired) electrons. The Balaban J connectivity index is 1.94. The van der Waals surface area contributed by atoms with E-state index in [-0.39, 0.29) is 5.91 Å². The van der Waals surface area contributed by atoms with E-state index in [9.17, 15) is 4.79 Å². The molecule has 1 N–H and O–H groups in total. The van der Waals surface area contributed by atoms with E-state index in [2.05, 4.69) is 11.4 Å². The minimum atomic E-state index is 0.0334. The molecular weight excluding hydrogens is 250 g/mol. The van der Waals surface area contributed by atoms with Crippen LogP contribution in [0.1, 0.15) is 11.1 Å². The molecule has 0 spiro atoms. The van der Waals surface area contributed by atoms with Crippen molar-refractivity contribution in [2.24, 2.45) is 0 Å². The first-order valence-electron chi connectivity index (χ1n) is 6.40. The van der Waals surface area contributed by atoms with E-state index < -0.39 is 0 Å². The summed E-state index contributed by atoms with van der Waals surface area (Å²) in [6, 6.07) is 17.2. The summed E-state index contributed by atoms with van der Waals surface area (Å²) in [7, 11) is 0. The third-order valence-electron chi connectivity index (χ3n) is 3.32. The third kappa shape index (κ3) is 2.21. The zero-order chi connectivity index (χ0) is 13.9. The van der Waals surface area contributed by atoms with Crippen molar-refractivity contribution in [2.75, 3.05) is 16.8 Å². The number of nitrogens with one attached hydrogen (secondary N) is 1. The molecule has 0 saturated carbocycles. The second-order valence-electron chi connectivity index (χ2n) is 4.66. The van der Waals surface area contributed by atoms with E-state index in [4.69, 9.17) is 5.26 Å². The fraction of sp³-hybridized carbons (Fsp3) is 0.125. The van der Waals surface area contributed by atoms with Gasteiger partial charge in [0, 0.05) is 0 Å². The molecule has 4 heteroatoms. The average molecular weight is 263 g/mol. The van der Waals surface area contributed by atoms with Gasteiger partial charge in [-0.15, -0.1) is 0 Å². The summed E-state index contributed by atoms with van der Waals surface area (Å²) in [6.07, 6.45) is 0. The molecule has 20 heavy (non-hydrogen) atoms. The molecule has 1 aliphatic rings. The Labute approximate surface area is 117 Å². The summed E-state index contributed by atoms with van der Waals surface area (Å²) in [5.74, 6) is 0.0334. The largest absolute Gasteiger partial charge is 0.374 e. The summed E-state index contributed by atoms with van der Waals surface area (Å²) in [5, 5.41) is 12.0. The third-order valence-corrected chi connectivity index (χ3v) is 3.32. The zero-order valence-electron chi connectivity index (χ0n) is 10.8. The van der Waals surface area contributed by atoms with Crippen molar-refractivity contribution in [1.82, 2.24) is 0 Å². The smallest absolute Gasteiger partial charge is 0.246 e. The van der Waals surface area contributed by atoms with Crippen LogP contribution in [0.15, 0.2) is 48.5 Å². The van der Waals surface area contributed by atoms with E-state index in [1.807, 2.05) is 42.5 Å². The molecule has 1 aliphatic heterocycles. The maximum atomic E-state index is 12.1. The normalized spacial score (nSPS) is 13.3. The van der Waals surface area contributed by atoms with E-state index in [0.29, 0.717) is 18.7 Å². The van der Waals surface area contributed by atoms with Gasteiger partial charge < -0.3 is 10.2 Å². The first-order valence-corrected chi connectivity index (χ1v) is 6.40. The molecule has 1 heterocycles. The molecule has 0 saturated heterocycles. The van der Waals surface area contributed by atoms with Crippen LogP contribution < -0.4 is 10.2 Å².